The number of methoxy groups -OCH3 is 1. The first kappa shape index (κ1) is 14.4. The molecule has 0 aliphatic rings. The van der Waals surface area contributed by atoms with E-state index in [1.807, 2.05) is 14.1 Å². The lowest BCUT2D eigenvalue weighted by atomic mass is 10.0. The van der Waals surface area contributed by atoms with E-state index in [9.17, 15) is 4.79 Å². The zero-order valence-corrected chi connectivity index (χ0v) is 11.7. The van der Waals surface area contributed by atoms with Crippen molar-refractivity contribution in [2.24, 2.45) is 0 Å². The van der Waals surface area contributed by atoms with Crippen LogP contribution in [0, 0.1) is 0 Å². The number of nitrogens with zero attached hydrogens (tertiary/aromatic N) is 2. The third kappa shape index (κ3) is 3.43. The number of likely N-dealkylation sites (N-methyl/N-ethyl adjacent to an activating group) is 1. The van der Waals surface area contributed by atoms with Crippen molar-refractivity contribution in [1.82, 2.24) is 9.88 Å². The van der Waals surface area contributed by atoms with Crippen LogP contribution in [0.25, 0.3) is 0 Å². The maximum atomic E-state index is 11.6. The summed E-state index contributed by atoms with van der Waals surface area (Å²) in [4.78, 5) is 17.9. The summed E-state index contributed by atoms with van der Waals surface area (Å²) in [5.74, 6) is 0.174. The molecule has 0 fully saturated rings. The van der Waals surface area contributed by atoms with Gasteiger partial charge in [-0.2, -0.15) is 0 Å². The maximum Gasteiger partial charge on any atom is 0.341 e. The van der Waals surface area contributed by atoms with E-state index in [2.05, 4.69) is 29.0 Å². The summed E-state index contributed by atoms with van der Waals surface area (Å²) in [6.45, 7) is 4.91. The molecule has 0 aliphatic heterocycles. The minimum absolute atomic E-state index is 0.0368. The van der Waals surface area contributed by atoms with Crippen LogP contribution in [0.1, 0.15) is 24.2 Å². The summed E-state index contributed by atoms with van der Waals surface area (Å²) in [5.41, 5.74) is 0.416. The van der Waals surface area contributed by atoms with Crippen molar-refractivity contribution in [2.45, 2.75) is 19.4 Å². The number of ether oxygens (including phenoxy) is 1. The number of hydrogen-bond donors (Lipinski definition) is 1. The second-order valence-electron chi connectivity index (χ2n) is 4.95. The zero-order chi connectivity index (χ0) is 13.8. The molecule has 1 aromatic heterocycles. The molecule has 0 radical (unpaired) electrons. The number of hydrogen-bond acceptors (Lipinski definition) is 5. The lowest BCUT2D eigenvalue weighted by Crippen LogP contribution is -2.44. The van der Waals surface area contributed by atoms with Crippen LogP contribution in [0.2, 0.25) is 0 Å². The number of nitrogens with one attached hydrogen (secondary N) is 1. The average molecular weight is 251 g/mol. The van der Waals surface area contributed by atoms with Gasteiger partial charge in [0, 0.05) is 18.3 Å². The van der Waals surface area contributed by atoms with Gasteiger partial charge < -0.3 is 15.0 Å². The standard InChI is InChI=1S/C13H21N3O2/c1-13(2,16(3)4)9-15-11-10(12(17)18-5)7-6-8-14-11/h6-8H,9H2,1-5H3,(H,14,15). The van der Waals surface area contributed by atoms with Gasteiger partial charge in [-0.1, -0.05) is 0 Å². The Morgan fingerprint density at radius 1 is 1.50 bits per heavy atom. The SMILES string of the molecule is COC(=O)c1cccnc1NCC(C)(C)N(C)C. The quantitative estimate of drug-likeness (QED) is 0.806. The van der Waals surface area contributed by atoms with E-state index in [1.54, 1.807) is 18.3 Å². The largest absolute Gasteiger partial charge is 0.465 e. The molecule has 0 amide bonds. The van der Waals surface area contributed by atoms with Crippen molar-refractivity contribution in [1.29, 1.82) is 0 Å². The summed E-state index contributed by atoms with van der Waals surface area (Å²) in [5, 5.41) is 3.20. The van der Waals surface area contributed by atoms with Gasteiger partial charge in [-0.25, -0.2) is 9.78 Å². The Kier molecular flexibility index (Phi) is 4.67. The molecule has 1 heterocycles. The molecule has 0 atom stereocenters. The predicted molar refractivity (Wildman–Crippen MR) is 71.8 cm³/mol. The molecule has 1 rings (SSSR count). The third-order valence-electron chi connectivity index (χ3n) is 3.11. The Balaban J connectivity index is 2.82. The van der Waals surface area contributed by atoms with Gasteiger partial charge in [0.1, 0.15) is 11.4 Å². The van der Waals surface area contributed by atoms with Crippen molar-refractivity contribution in [2.75, 3.05) is 33.1 Å². The van der Waals surface area contributed by atoms with Crippen molar-refractivity contribution < 1.29 is 9.53 Å². The molecule has 0 saturated heterocycles. The van der Waals surface area contributed by atoms with Crippen molar-refractivity contribution in [3.63, 3.8) is 0 Å². The molecule has 0 spiro atoms. The topological polar surface area (TPSA) is 54.5 Å². The number of esters is 1. The van der Waals surface area contributed by atoms with Crippen LogP contribution < -0.4 is 5.32 Å². The van der Waals surface area contributed by atoms with Crippen LogP contribution in [-0.2, 0) is 4.74 Å². The Bertz CT molecular complexity index is 416. The summed E-state index contributed by atoms with van der Waals surface area (Å²) >= 11 is 0. The maximum absolute atomic E-state index is 11.6. The van der Waals surface area contributed by atoms with Gasteiger partial charge in [0.25, 0.3) is 0 Å². The molecule has 0 saturated carbocycles. The second kappa shape index (κ2) is 5.82. The molecule has 5 heteroatoms. The first-order chi connectivity index (χ1) is 8.38. The van der Waals surface area contributed by atoms with Gasteiger partial charge in [0.2, 0.25) is 0 Å². The first-order valence-electron chi connectivity index (χ1n) is 5.83. The van der Waals surface area contributed by atoms with Crippen LogP contribution in [0.3, 0.4) is 0 Å². The normalized spacial score (nSPS) is 11.4. The summed E-state index contributed by atoms with van der Waals surface area (Å²) in [6, 6.07) is 3.42. The third-order valence-corrected chi connectivity index (χ3v) is 3.11. The van der Waals surface area contributed by atoms with E-state index >= 15 is 0 Å². The number of carbonyl (C=O) groups excluding carboxylic acids is 1. The van der Waals surface area contributed by atoms with Gasteiger partial charge in [-0.3, -0.25) is 0 Å². The number of pyridine rings is 1. The van der Waals surface area contributed by atoms with Crippen LogP contribution in [0.4, 0.5) is 5.82 Å². The van der Waals surface area contributed by atoms with E-state index in [1.165, 1.54) is 7.11 Å². The fourth-order valence-corrected chi connectivity index (χ4v) is 1.28. The Morgan fingerprint density at radius 3 is 2.72 bits per heavy atom. The van der Waals surface area contributed by atoms with E-state index in [-0.39, 0.29) is 11.5 Å². The smallest absolute Gasteiger partial charge is 0.341 e. The molecule has 100 valence electrons. The van der Waals surface area contributed by atoms with Crippen LogP contribution in [-0.4, -0.2) is 49.1 Å². The summed E-state index contributed by atoms with van der Waals surface area (Å²) in [7, 11) is 5.39. The molecule has 0 bridgehead atoms. The molecule has 0 unspecified atom stereocenters. The highest BCUT2D eigenvalue weighted by atomic mass is 16.5. The van der Waals surface area contributed by atoms with Crippen molar-refractivity contribution >= 4 is 11.8 Å². The van der Waals surface area contributed by atoms with Gasteiger partial charge in [-0.05, 0) is 40.1 Å². The minimum atomic E-state index is -0.381. The lowest BCUT2D eigenvalue weighted by molar-refractivity contribution is 0.0601. The minimum Gasteiger partial charge on any atom is -0.465 e. The molecule has 1 aromatic rings. The molecule has 0 aromatic carbocycles. The average Bonchev–Trinajstić information content (AvgIpc) is 2.35. The lowest BCUT2D eigenvalue weighted by Gasteiger charge is -2.33. The molecular formula is C13H21N3O2. The first-order valence-corrected chi connectivity index (χ1v) is 5.83. The monoisotopic (exact) mass is 251 g/mol. The van der Waals surface area contributed by atoms with Crippen molar-refractivity contribution in [3.8, 4) is 0 Å². The highest BCUT2D eigenvalue weighted by molar-refractivity contribution is 5.94. The van der Waals surface area contributed by atoms with Crippen molar-refractivity contribution in [3.05, 3.63) is 23.9 Å². The molecule has 18 heavy (non-hydrogen) atoms. The Hall–Kier alpha value is -1.62. The van der Waals surface area contributed by atoms with Crippen LogP contribution in [0.15, 0.2) is 18.3 Å². The molecule has 5 nitrogen and oxygen atoms in total. The van der Waals surface area contributed by atoms with Gasteiger partial charge in [0.15, 0.2) is 0 Å². The predicted octanol–water partition coefficient (Wildman–Crippen LogP) is 1.62. The summed E-state index contributed by atoms with van der Waals surface area (Å²) < 4.78 is 4.73. The molecule has 1 N–H and O–H groups in total. The van der Waals surface area contributed by atoms with E-state index in [0.29, 0.717) is 17.9 Å². The molecule has 0 aliphatic carbocycles. The van der Waals surface area contributed by atoms with E-state index in [0.717, 1.165) is 0 Å². The fraction of sp³-hybridized carbons (Fsp3) is 0.538. The van der Waals surface area contributed by atoms with Gasteiger partial charge in [0.05, 0.1) is 7.11 Å². The number of rotatable bonds is 5. The number of anilines is 1. The van der Waals surface area contributed by atoms with Crippen LogP contribution in [0.5, 0.6) is 0 Å². The van der Waals surface area contributed by atoms with Crippen LogP contribution >= 0.6 is 0 Å². The Morgan fingerprint density at radius 2 is 2.17 bits per heavy atom. The van der Waals surface area contributed by atoms with E-state index in [4.69, 9.17) is 4.74 Å². The van der Waals surface area contributed by atoms with Gasteiger partial charge >= 0.3 is 5.97 Å². The fourth-order valence-electron chi connectivity index (χ4n) is 1.28. The Labute approximate surface area is 108 Å². The summed E-state index contributed by atoms with van der Waals surface area (Å²) in [6.07, 6.45) is 1.65. The number of carbonyl (C=O) groups is 1. The highest BCUT2D eigenvalue weighted by Gasteiger charge is 2.21. The highest BCUT2D eigenvalue weighted by Crippen LogP contribution is 2.16. The second-order valence-corrected chi connectivity index (χ2v) is 4.95. The van der Waals surface area contributed by atoms with Gasteiger partial charge in [-0.15, -0.1) is 0 Å². The zero-order valence-electron chi connectivity index (χ0n) is 11.7. The number of aromatic nitrogens is 1. The molecular weight excluding hydrogens is 230 g/mol. The van der Waals surface area contributed by atoms with E-state index < -0.39 is 0 Å².